The second-order valence-electron chi connectivity index (χ2n) is 8.44. The molecule has 158 valence electrons. The quantitative estimate of drug-likeness (QED) is 0.646. The molecule has 2 aliphatic carbocycles. The van der Waals surface area contributed by atoms with Crippen LogP contribution in [-0.2, 0) is 6.18 Å². The zero-order valence-electron chi connectivity index (χ0n) is 15.8. The van der Waals surface area contributed by atoms with Crippen molar-refractivity contribution >= 4 is 39.9 Å². The standard InChI is InChI=1S/C18H17ClF3N7S/c1-8-23-16(30-27-8)28-6-11-13(10-2-3-17(10,11)7-28)24-15-25-14-12(19)4-9(18(20,21)22)5-29(14)26-15/h4-5,10-11,13H,2-3,6-7H2,1H3,(H,24,26). The van der Waals surface area contributed by atoms with E-state index >= 15 is 0 Å². The molecule has 4 unspecified atom stereocenters. The highest BCUT2D eigenvalue weighted by molar-refractivity contribution is 7.09. The Morgan fingerprint density at radius 3 is 2.80 bits per heavy atom. The van der Waals surface area contributed by atoms with Crippen molar-refractivity contribution in [1.29, 1.82) is 0 Å². The molecule has 0 amide bonds. The molecule has 3 aromatic heterocycles. The highest BCUT2D eigenvalue weighted by Crippen LogP contribution is 2.68. The summed E-state index contributed by atoms with van der Waals surface area (Å²) in [5.41, 5.74) is -0.349. The molecule has 30 heavy (non-hydrogen) atoms. The molecule has 1 saturated heterocycles. The van der Waals surface area contributed by atoms with Gasteiger partial charge in [0.1, 0.15) is 5.82 Å². The first-order valence-electron chi connectivity index (χ1n) is 9.69. The number of rotatable bonds is 3. The summed E-state index contributed by atoms with van der Waals surface area (Å²) < 4.78 is 44.6. The van der Waals surface area contributed by atoms with E-state index in [-0.39, 0.29) is 22.1 Å². The molecule has 6 rings (SSSR count). The average Bonchev–Trinajstić information content (AvgIpc) is 3.35. The minimum absolute atomic E-state index is 0.0735. The molecule has 0 bridgehead atoms. The van der Waals surface area contributed by atoms with Gasteiger partial charge in [0.25, 0.3) is 0 Å². The molecule has 12 heteroatoms. The predicted molar refractivity (Wildman–Crippen MR) is 106 cm³/mol. The summed E-state index contributed by atoms with van der Waals surface area (Å²) in [7, 11) is 0. The summed E-state index contributed by atoms with van der Waals surface area (Å²) in [4.78, 5) is 11.2. The highest BCUT2D eigenvalue weighted by Gasteiger charge is 2.70. The highest BCUT2D eigenvalue weighted by atomic mass is 35.5. The molecule has 2 saturated carbocycles. The van der Waals surface area contributed by atoms with Crippen molar-refractivity contribution in [3.63, 3.8) is 0 Å². The third-order valence-electron chi connectivity index (χ3n) is 6.97. The molecule has 3 aromatic rings. The summed E-state index contributed by atoms with van der Waals surface area (Å²) in [6.07, 6.45) is -1.26. The van der Waals surface area contributed by atoms with Gasteiger partial charge in [-0.05, 0) is 37.2 Å². The van der Waals surface area contributed by atoms with Crippen LogP contribution in [0.1, 0.15) is 24.2 Å². The summed E-state index contributed by atoms with van der Waals surface area (Å²) in [6.45, 7) is 3.76. The largest absolute Gasteiger partial charge is 0.417 e. The normalized spacial score (nSPS) is 30.0. The van der Waals surface area contributed by atoms with Crippen LogP contribution in [0.5, 0.6) is 0 Å². The summed E-state index contributed by atoms with van der Waals surface area (Å²) in [6, 6.07) is 1.07. The fraction of sp³-hybridized carbons (Fsp3) is 0.556. The van der Waals surface area contributed by atoms with Crippen LogP contribution < -0.4 is 10.2 Å². The molecule has 7 nitrogen and oxygen atoms in total. The number of hydrogen-bond acceptors (Lipinski definition) is 7. The van der Waals surface area contributed by atoms with E-state index in [1.165, 1.54) is 18.0 Å². The second-order valence-corrected chi connectivity index (χ2v) is 9.58. The van der Waals surface area contributed by atoms with E-state index in [1.54, 1.807) is 0 Å². The van der Waals surface area contributed by atoms with Crippen molar-refractivity contribution in [2.24, 2.45) is 17.3 Å². The van der Waals surface area contributed by atoms with E-state index in [0.717, 1.165) is 47.2 Å². The lowest BCUT2D eigenvalue weighted by atomic mass is 9.41. The molecular weight excluding hydrogens is 439 g/mol. The minimum Gasteiger partial charge on any atom is -0.350 e. The third kappa shape index (κ3) is 2.51. The number of nitrogens with zero attached hydrogens (tertiary/aromatic N) is 6. The van der Waals surface area contributed by atoms with Crippen molar-refractivity contribution in [2.45, 2.75) is 32.0 Å². The van der Waals surface area contributed by atoms with Crippen LogP contribution in [0.2, 0.25) is 5.02 Å². The van der Waals surface area contributed by atoms with Crippen molar-refractivity contribution in [1.82, 2.24) is 24.0 Å². The first kappa shape index (κ1) is 18.6. The Kier molecular flexibility index (Phi) is 3.70. The van der Waals surface area contributed by atoms with E-state index in [9.17, 15) is 13.2 Å². The van der Waals surface area contributed by atoms with Gasteiger partial charge in [-0.3, -0.25) is 0 Å². The average molecular weight is 456 g/mol. The van der Waals surface area contributed by atoms with Gasteiger partial charge < -0.3 is 10.2 Å². The number of aryl methyl sites for hydroxylation is 1. The van der Waals surface area contributed by atoms with Gasteiger partial charge in [0.2, 0.25) is 11.1 Å². The minimum atomic E-state index is -4.49. The van der Waals surface area contributed by atoms with Gasteiger partial charge in [-0.25, -0.2) is 9.50 Å². The molecule has 1 aliphatic heterocycles. The zero-order valence-corrected chi connectivity index (χ0v) is 17.4. The first-order valence-corrected chi connectivity index (χ1v) is 10.8. The number of nitrogens with one attached hydrogen (secondary N) is 1. The summed E-state index contributed by atoms with van der Waals surface area (Å²) >= 11 is 7.46. The van der Waals surface area contributed by atoms with Gasteiger partial charge in [-0.2, -0.15) is 22.5 Å². The summed E-state index contributed by atoms with van der Waals surface area (Å²) in [5, 5.41) is 8.49. The molecule has 0 radical (unpaired) electrons. The molecule has 1 spiro atoms. The number of aromatic nitrogens is 5. The molecule has 0 aromatic carbocycles. The van der Waals surface area contributed by atoms with Gasteiger partial charge >= 0.3 is 6.18 Å². The van der Waals surface area contributed by atoms with Crippen LogP contribution in [0.15, 0.2) is 12.3 Å². The van der Waals surface area contributed by atoms with Crippen LogP contribution in [0.25, 0.3) is 5.65 Å². The fourth-order valence-electron chi connectivity index (χ4n) is 5.54. The molecular formula is C18H17ClF3N7S. The van der Waals surface area contributed by atoms with Crippen LogP contribution >= 0.6 is 23.1 Å². The number of hydrogen-bond donors (Lipinski definition) is 1. The van der Waals surface area contributed by atoms with Crippen LogP contribution in [0.3, 0.4) is 0 Å². The number of fused-ring (bicyclic) bond motifs is 1. The van der Waals surface area contributed by atoms with Crippen molar-refractivity contribution < 1.29 is 13.2 Å². The first-order chi connectivity index (χ1) is 14.2. The second kappa shape index (κ2) is 5.97. The lowest BCUT2D eigenvalue weighted by Gasteiger charge is -2.65. The predicted octanol–water partition coefficient (Wildman–Crippen LogP) is 3.89. The molecule has 4 atom stereocenters. The zero-order chi connectivity index (χ0) is 20.8. The van der Waals surface area contributed by atoms with Crippen molar-refractivity contribution in [3.8, 4) is 0 Å². The Balaban J connectivity index is 1.26. The topological polar surface area (TPSA) is 71.2 Å². The monoisotopic (exact) mass is 455 g/mol. The van der Waals surface area contributed by atoms with E-state index < -0.39 is 11.7 Å². The van der Waals surface area contributed by atoms with Gasteiger partial charge in [-0.15, -0.1) is 5.10 Å². The number of halogens is 4. The number of pyridine rings is 1. The Labute approximate surface area is 178 Å². The van der Waals surface area contributed by atoms with E-state index in [4.69, 9.17) is 11.6 Å². The molecule has 1 N–H and O–H groups in total. The SMILES string of the molecule is Cc1nsc(N2CC3C(Nc4nc5c(Cl)cc(C(F)(F)F)cn5n4)C4CCC43C2)n1. The lowest BCUT2D eigenvalue weighted by Crippen LogP contribution is -2.68. The lowest BCUT2D eigenvalue weighted by molar-refractivity contribution is -0.137. The van der Waals surface area contributed by atoms with Crippen LogP contribution in [0.4, 0.5) is 24.3 Å². The van der Waals surface area contributed by atoms with Gasteiger partial charge in [0.05, 0.1) is 10.6 Å². The van der Waals surface area contributed by atoms with Gasteiger partial charge in [0, 0.05) is 42.8 Å². The summed E-state index contributed by atoms with van der Waals surface area (Å²) in [5.74, 6) is 2.03. The maximum absolute atomic E-state index is 13.1. The maximum atomic E-state index is 13.1. The Hall–Kier alpha value is -2.14. The van der Waals surface area contributed by atoms with Crippen LogP contribution in [-0.4, -0.2) is 43.1 Å². The molecule has 4 heterocycles. The molecule has 3 fully saturated rings. The van der Waals surface area contributed by atoms with E-state index in [0.29, 0.717) is 17.8 Å². The smallest absolute Gasteiger partial charge is 0.350 e. The van der Waals surface area contributed by atoms with E-state index in [2.05, 4.69) is 29.7 Å². The third-order valence-corrected chi connectivity index (χ3v) is 8.11. The Morgan fingerprint density at radius 1 is 1.30 bits per heavy atom. The van der Waals surface area contributed by atoms with Crippen molar-refractivity contribution in [2.75, 3.05) is 23.3 Å². The fourth-order valence-corrected chi connectivity index (χ4v) is 6.47. The number of alkyl halides is 3. The number of anilines is 2. The maximum Gasteiger partial charge on any atom is 0.417 e. The van der Waals surface area contributed by atoms with E-state index in [1.807, 2.05) is 6.92 Å². The van der Waals surface area contributed by atoms with Crippen LogP contribution in [0, 0.1) is 24.2 Å². The molecule has 3 aliphatic rings. The van der Waals surface area contributed by atoms with Crippen molar-refractivity contribution in [3.05, 3.63) is 28.7 Å². The Morgan fingerprint density at radius 2 is 2.13 bits per heavy atom. The van der Waals surface area contributed by atoms with Gasteiger partial charge in [-0.1, -0.05) is 11.6 Å². The Bertz CT molecular complexity index is 1160. The van der Waals surface area contributed by atoms with Gasteiger partial charge in [0.15, 0.2) is 5.65 Å².